The summed E-state index contributed by atoms with van der Waals surface area (Å²) in [5, 5.41) is 0. The molecule has 0 aromatic heterocycles. The van der Waals surface area contributed by atoms with Crippen LogP contribution < -0.4 is 0 Å². The van der Waals surface area contributed by atoms with Crippen LogP contribution in [0.2, 0.25) is 0 Å². The average molecular weight is 286 g/mol. The van der Waals surface area contributed by atoms with Gasteiger partial charge in [-0.05, 0) is 23.3 Å². The summed E-state index contributed by atoms with van der Waals surface area (Å²) in [6.45, 7) is 1.68. The molecule has 0 bridgehead atoms. The second kappa shape index (κ2) is 5.23. The van der Waals surface area contributed by atoms with Crippen LogP contribution in [-0.4, -0.2) is 0 Å². The summed E-state index contributed by atoms with van der Waals surface area (Å²) in [5.41, 5.74) is -0.910. The molecule has 5 heteroatoms. The number of alkyl halides is 3. The Morgan fingerprint density at radius 3 is 1.80 bits per heavy atom. The smallest absolute Gasteiger partial charge is 0.206 e. The van der Waals surface area contributed by atoms with Gasteiger partial charge in [-0.2, -0.15) is 13.2 Å². The van der Waals surface area contributed by atoms with Crippen molar-refractivity contribution in [3.63, 3.8) is 0 Å². The van der Waals surface area contributed by atoms with Gasteiger partial charge in [-0.3, -0.25) is 0 Å². The summed E-state index contributed by atoms with van der Waals surface area (Å²) in [4.78, 5) is 0. The predicted molar refractivity (Wildman–Crippen MR) is 65.3 cm³/mol. The van der Waals surface area contributed by atoms with Crippen molar-refractivity contribution in [1.29, 1.82) is 0 Å². The van der Waals surface area contributed by atoms with Crippen molar-refractivity contribution < 1.29 is 22.0 Å². The van der Waals surface area contributed by atoms with Crippen molar-refractivity contribution in [2.75, 3.05) is 0 Å². The maximum atomic E-state index is 13.5. The lowest BCUT2D eigenvalue weighted by atomic mass is 9.92. The first-order valence-corrected chi connectivity index (χ1v) is 5.91. The normalized spacial score (nSPS) is 13.3. The summed E-state index contributed by atoms with van der Waals surface area (Å²) in [6, 6.07) is 10.3. The zero-order valence-corrected chi connectivity index (χ0v) is 10.5. The zero-order chi connectivity index (χ0) is 14.9. The summed E-state index contributed by atoms with van der Waals surface area (Å²) in [5.74, 6) is -3.58. The third-order valence-corrected chi connectivity index (χ3v) is 3.15. The van der Waals surface area contributed by atoms with E-state index in [-0.39, 0.29) is 5.56 Å². The van der Waals surface area contributed by atoms with Crippen molar-refractivity contribution >= 4 is 0 Å². The summed E-state index contributed by atoms with van der Waals surface area (Å²) in [7, 11) is 0. The zero-order valence-electron chi connectivity index (χ0n) is 10.5. The molecule has 0 nitrogen and oxygen atoms in total. The molecule has 106 valence electrons. The molecule has 0 fully saturated rings. The Kier molecular flexibility index (Phi) is 3.79. The third-order valence-electron chi connectivity index (χ3n) is 3.15. The molecule has 0 saturated carbocycles. The van der Waals surface area contributed by atoms with Gasteiger partial charge in [0.05, 0.1) is 0 Å². The first-order valence-electron chi connectivity index (χ1n) is 5.91. The molecule has 0 N–H and O–H groups in total. The molecule has 0 aliphatic heterocycles. The van der Waals surface area contributed by atoms with Crippen molar-refractivity contribution in [3.8, 4) is 0 Å². The van der Waals surface area contributed by atoms with Crippen molar-refractivity contribution in [2.24, 2.45) is 0 Å². The predicted octanol–water partition coefficient (Wildman–Crippen LogP) is 5.14. The Hall–Kier alpha value is -1.91. The summed E-state index contributed by atoms with van der Waals surface area (Å²) >= 11 is 0. The number of halogens is 5. The monoisotopic (exact) mass is 286 g/mol. The van der Waals surface area contributed by atoms with Gasteiger partial charge in [-0.1, -0.05) is 37.3 Å². The lowest BCUT2D eigenvalue weighted by molar-refractivity contribution is -0.142. The third kappa shape index (κ3) is 2.81. The Morgan fingerprint density at radius 2 is 1.35 bits per heavy atom. The molecule has 2 rings (SSSR count). The summed E-state index contributed by atoms with van der Waals surface area (Å²) < 4.78 is 64.5. The minimum atomic E-state index is -5.04. The first-order chi connectivity index (χ1) is 9.30. The van der Waals surface area contributed by atoms with E-state index in [2.05, 4.69) is 0 Å². The molecule has 0 heterocycles. The van der Waals surface area contributed by atoms with Crippen LogP contribution in [0.25, 0.3) is 0 Å². The number of hydrogen-bond acceptors (Lipinski definition) is 0. The Labute approximate surface area is 112 Å². The van der Waals surface area contributed by atoms with Crippen LogP contribution in [0.3, 0.4) is 0 Å². The van der Waals surface area contributed by atoms with Gasteiger partial charge in [0.25, 0.3) is 0 Å². The fourth-order valence-electron chi connectivity index (χ4n) is 2.05. The van der Waals surface area contributed by atoms with Gasteiger partial charge < -0.3 is 0 Å². The Morgan fingerprint density at radius 1 is 0.850 bits per heavy atom. The highest BCUT2D eigenvalue weighted by Gasteiger charge is 2.38. The van der Waals surface area contributed by atoms with E-state index in [9.17, 15) is 22.0 Å². The summed E-state index contributed by atoms with van der Waals surface area (Å²) in [6.07, 6.45) is -5.04. The van der Waals surface area contributed by atoms with Gasteiger partial charge in [0.1, 0.15) is 17.2 Å². The fourth-order valence-corrected chi connectivity index (χ4v) is 2.05. The topological polar surface area (TPSA) is 0 Å². The average Bonchev–Trinajstić information content (AvgIpc) is 2.36. The van der Waals surface area contributed by atoms with Crippen molar-refractivity contribution in [3.05, 3.63) is 70.8 Å². The highest BCUT2D eigenvalue weighted by Crippen LogP contribution is 2.36. The molecule has 2 aromatic carbocycles. The van der Waals surface area contributed by atoms with Crippen molar-refractivity contribution in [1.82, 2.24) is 0 Å². The maximum absolute atomic E-state index is 13.5. The van der Waals surface area contributed by atoms with E-state index in [1.165, 1.54) is 0 Å². The largest absolute Gasteiger partial charge is 0.422 e. The molecule has 0 aliphatic carbocycles. The van der Waals surface area contributed by atoms with Gasteiger partial charge in [-0.25, -0.2) is 8.78 Å². The van der Waals surface area contributed by atoms with E-state index in [1.54, 1.807) is 37.3 Å². The lowest BCUT2D eigenvalue weighted by Gasteiger charge is -2.15. The van der Waals surface area contributed by atoms with Crippen LogP contribution in [0, 0.1) is 11.6 Å². The first kappa shape index (κ1) is 14.5. The van der Waals surface area contributed by atoms with Crippen LogP contribution in [0.15, 0.2) is 42.5 Å². The van der Waals surface area contributed by atoms with Gasteiger partial charge in [0.15, 0.2) is 0 Å². The van der Waals surface area contributed by atoms with Crippen molar-refractivity contribution in [2.45, 2.75) is 19.0 Å². The van der Waals surface area contributed by atoms with Crippen LogP contribution in [0.4, 0.5) is 22.0 Å². The molecule has 0 radical (unpaired) electrons. The highest BCUT2D eigenvalue weighted by molar-refractivity contribution is 5.35. The standard InChI is InChI=1S/C15H11F5/c1-9(10-5-3-2-4-6-10)11-7-12(16)14(13(17)8-11)15(18,19)20/h2-9H,1H3. The second-order valence-corrected chi connectivity index (χ2v) is 4.49. The molecule has 20 heavy (non-hydrogen) atoms. The molecular formula is C15H11F5. The molecule has 0 spiro atoms. The molecule has 2 aromatic rings. The number of benzene rings is 2. The molecule has 1 unspecified atom stereocenters. The van der Waals surface area contributed by atoms with Gasteiger partial charge >= 0.3 is 6.18 Å². The number of hydrogen-bond donors (Lipinski definition) is 0. The molecule has 0 aliphatic rings. The van der Waals surface area contributed by atoms with Gasteiger partial charge in [-0.15, -0.1) is 0 Å². The molecule has 1 atom stereocenters. The van der Waals surface area contributed by atoms with E-state index >= 15 is 0 Å². The van der Waals surface area contributed by atoms with Crippen LogP contribution >= 0.6 is 0 Å². The maximum Gasteiger partial charge on any atom is 0.422 e. The van der Waals surface area contributed by atoms with Gasteiger partial charge in [0.2, 0.25) is 0 Å². The fraction of sp³-hybridized carbons (Fsp3) is 0.200. The van der Waals surface area contributed by atoms with Crippen LogP contribution in [0.1, 0.15) is 29.5 Å². The van der Waals surface area contributed by atoms with E-state index in [4.69, 9.17) is 0 Å². The van der Waals surface area contributed by atoms with E-state index in [0.29, 0.717) is 0 Å². The highest BCUT2D eigenvalue weighted by atomic mass is 19.4. The van der Waals surface area contributed by atoms with E-state index < -0.39 is 29.3 Å². The van der Waals surface area contributed by atoms with Crippen LogP contribution in [0.5, 0.6) is 0 Å². The van der Waals surface area contributed by atoms with E-state index in [1.807, 2.05) is 0 Å². The quantitative estimate of drug-likeness (QED) is 0.671. The van der Waals surface area contributed by atoms with Gasteiger partial charge in [0, 0.05) is 5.92 Å². The minimum Gasteiger partial charge on any atom is -0.206 e. The number of rotatable bonds is 2. The lowest BCUT2D eigenvalue weighted by Crippen LogP contribution is -2.12. The SMILES string of the molecule is CC(c1ccccc1)c1cc(F)c(C(F)(F)F)c(F)c1. The molecule has 0 amide bonds. The second-order valence-electron chi connectivity index (χ2n) is 4.49. The van der Waals surface area contributed by atoms with E-state index in [0.717, 1.165) is 17.7 Å². The minimum absolute atomic E-state index is 0.166. The Balaban J connectivity index is 2.46. The molecular weight excluding hydrogens is 275 g/mol. The van der Waals surface area contributed by atoms with Crippen LogP contribution in [-0.2, 0) is 6.18 Å². The Bertz CT molecular complexity index is 578. The molecule has 0 saturated heterocycles.